The van der Waals surface area contributed by atoms with E-state index < -0.39 is 5.51 Å². The predicted molar refractivity (Wildman–Crippen MR) is 239 cm³/mol. The second kappa shape index (κ2) is 19.9. The number of allylic oxidation sites excluding steroid dienone is 1. The molecular formula is C47H54ClF3N4O2S2. The molecule has 1 aliphatic carbocycles. The minimum Gasteiger partial charge on any atom is -0.381 e. The van der Waals surface area contributed by atoms with Crippen LogP contribution in [0.25, 0.3) is 5.57 Å². The molecule has 59 heavy (non-hydrogen) atoms. The Morgan fingerprint density at radius 3 is 2.25 bits per heavy atom. The second-order valence-electron chi connectivity index (χ2n) is 16.5. The molecule has 1 N–H and O–H groups in total. The molecule has 4 aromatic carbocycles. The largest absolute Gasteiger partial charge is 0.446 e. The lowest BCUT2D eigenvalue weighted by Crippen LogP contribution is -2.47. The zero-order valence-electron chi connectivity index (χ0n) is 33.9. The number of anilines is 2. The third-order valence-electron chi connectivity index (χ3n) is 11.6. The van der Waals surface area contributed by atoms with Crippen molar-refractivity contribution in [2.75, 3.05) is 81.5 Å². The normalized spacial score (nSPS) is 18.5. The number of nitrogens with one attached hydrogen (secondary N) is 1. The first-order valence-corrected chi connectivity index (χ1v) is 22.8. The van der Waals surface area contributed by atoms with Crippen LogP contribution in [0.1, 0.15) is 61.0 Å². The number of ether oxygens (including phenoxy) is 1. The SMILES string of the molecule is CC1(C)CCC(c2ccc(Cl)cc2)=C(CN2CCN(c3ccc(C(=O)c4ccc(NC(CCN5CCOCC5)CSc5ccccc5)c(SC(F)(F)F)c4)cc3)CC2)C1. The molecule has 1 unspecified atom stereocenters. The van der Waals surface area contributed by atoms with Crippen LogP contribution in [0.3, 0.4) is 0 Å². The van der Waals surface area contributed by atoms with Crippen LogP contribution in [0.15, 0.2) is 112 Å². The van der Waals surface area contributed by atoms with Crippen LogP contribution in [-0.2, 0) is 4.74 Å². The van der Waals surface area contributed by atoms with Crippen LogP contribution in [-0.4, -0.2) is 98.5 Å². The molecule has 2 saturated heterocycles. The van der Waals surface area contributed by atoms with Gasteiger partial charge < -0.3 is 15.0 Å². The van der Waals surface area contributed by atoms with E-state index in [1.165, 1.54) is 29.2 Å². The molecule has 0 saturated carbocycles. The molecule has 2 heterocycles. The van der Waals surface area contributed by atoms with Gasteiger partial charge in [0, 0.05) is 101 Å². The molecule has 0 aromatic heterocycles. The minimum absolute atomic E-state index is 0.00763. The Morgan fingerprint density at radius 1 is 0.864 bits per heavy atom. The van der Waals surface area contributed by atoms with Gasteiger partial charge in [0.25, 0.3) is 0 Å². The summed E-state index contributed by atoms with van der Waals surface area (Å²) in [5.41, 5.74) is 2.09. The third-order valence-corrected chi connectivity index (χ3v) is 13.8. The van der Waals surface area contributed by atoms with E-state index in [1.807, 2.05) is 54.6 Å². The maximum atomic E-state index is 14.0. The highest BCUT2D eigenvalue weighted by Gasteiger charge is 2.32. The van der Waals surface area contributed by atoms with Crippen molar-refractivity contribution in [1.82, 2.24) is 9.80 Å². The van der Waals surface area contributed by atoms with Crippen molar-refractivity contribution in [3.05, 3.63) is 124 Å². The summed E-state index contributed by atoms with van der Waals surface area (Å²) in [5, 5.41) is 4.20. The Morgan fingerprint density at radius 2 is 1.56 bits per heavy atom. The number of alkyl halides is 3. The quantitative estimate of drug-likeness (QED) is 0.0937. The minimum atomic E-state index is -4.52. The summed E-state index contributed by atoms with van der Waals surface area (Å²) >= 11 is 7.71. The number of piperazine rings is 1. The lowest BCUT2D eigenvalue weighted by atomic mass is 9.73. The Kier molecular flexibility index (Phi) is 14.8. The highest BCUT2D eigenvalue weighted by Crippen LogP contribution is 2.44. The summed E-state index contributed by atoms with van der Waals surface area (Å²) in [4.78, 5) is 22.1. The van der Waals surface area contributed by atoms with Gasteiger partial charge in [-0.25, -0.2) is 0 Å². The molecule has 12 heteroatoms. The van der Waals surface area contributed by atoms with Crippen LogP contribution in [0.5, 0.6) is 0 Å². The van der Waals surface area contributed by atoms with E-state index in [9.17, 15) is 18.0 Å². The number of hydrogen-bond acceptors (Lipinski definition) is 8. The van der Waals surface area contributed by atoms with Gasteiger partial charge in [-0.15, -0.1) is 11.8 Å². The molecule has 6 nitrogen and oxygen atoms in total. The molecule has 314 valence electrons. The van der Waals surface area contributed by atoms with Crippen LogP contribution in [0.4, 0.5) is 24.5 Å². The van der Waals surface area contributed by atoms with Gasteiger partial charge in [0.2, 0.25) is 0 Å². The number of hydrogen-bond donors (Lipinski definition) is 1. The summed E-state index contributed by atoms with van der Waals surface area (Å²) in [6.07, 6.45) is 4.07. The maximum absolute atomic E-state index is 14.0. The molecular weight excluding hydrogens is 809 g/mol. The van der Waals surface area contributed by atoms with Gasteiger partial charge in [-0.05, 0) is 121 Å². The highest BCUT2D eigenvalue weighted by molar-refractivity contribution is 8.00. The van der Waals surface area contributed by atoms with Crippen LogP contribution in [0, 0.1) is 5.41 Å². The van der Waals surface area contributed by atoms with Gasteiger partial charge >= 0.3 is 5.51 Å². The van der Waals surface area contributed by atoms with Gasteiger partial charge in [-0.1, -0.05) is 61.4 Å². The van der Waals surface area contributed by atoms with Gasteiger partial charge in [0.05, 0.1) is 13.2 Å². The van der Waals surface area contributed by atoms with Crippen LogP contribution in [0.2, 0.25) is 5.02 Å². The summed E-state index contributed by atoms with van der Waals surface area (Å²) < 4.78 is 47.5. The predicted octanol–water partition coefficient (Wildman–Crippen LogP) is 11.3. The van der Waals surface area contributed by atoms with E-state index in [2.05, 4.69) is 46.0 Å². The molecule has 2 fully saturated rings. The van der Waals surface area contributed by atoms with Gasteiger partial charge in [0.1, 0.15) is 0 Å². The van der Waals surface area contributed by atoms with Gasteiger partial charge in [-0.3, -0.25) is 14.6 Å². The maximum Gasteiger partial charge on any atom is 0.446 e. The fourth-order valence-electron chi connectivity index (χ4n) is 8.27. The molecule has 0 radical (unpaired) electrons. The zero-order chi connectivity index (χ0) is 41.4. The van der Waals surface area contributed by atoms with E-state index in [4.69, 9.17) is 16.3 Å². The topological polar surface area (TPSA) is 48.0 Å². The zero-order valence-corrected chi connectivity index (χ0v) is 36.3. The third kappa shape index (κ3) is 12.6. The second-order valence-corrected chi connectivity index (χ2v) is 19.2. The number of thioether (sulfide) groups is 2. The average molecular weight is 864 g/mol. The van der Waals surface area contributed by atoms with E-state index >= 15 is 0 Å². The summed E-state index contributed by atoms with van der Waals surface area (Å²) in [5.74, 6) is 0.370. The van der Waals surface area contributed by atoms with E-state index in [1.54, 1.807) is 36.0 Å². The lowest BCUT2D eigenvalue weighted by molar-refractivity contribution is -0.0328. The van der Waals surface area contributed by atoms with Crippen LogP contribution < -0.4 is 10.2 Å². The number of carbonyl (C=O) groups is 1. The van der Waals surface area contributed by atoms with Crippen LogP contribution >= 0.6 is 35.1 Å². The summed E-state index contributed by atoms with van der Waals surface area (Å²) in [7, 11) is 0. The monoisotopic (exact) mass is 862 g/mol. The van der Waals surface area contributed by atoms with E-state index in [0.29, 0.717) is 30.2 Å². The van der Waals surface area contributed by atoms with Crippen molar-refractivity contribution < 1.29 is 22.7 Å². The number of morpholine rings is 1. The van der Waals surface area contributed by atoms with Crippen molar-refractivity contribution >= 4 is 57.9 Å². The average Bonchev–Trinajstić information content (AvgIpc) is 3.23. The molecule has 4 aromatic rings. The number of benzene rings is 4. The number of rotatable bonds is 15. The molecule has 0 bridgehead atoms. The standard InChI is InChI=1S/C47H54ClF3N4O2S2/c1-46(2)20-18-42(34-8-13-38(48)14-9-34)37(31-46)32-54-22-24-55(25-23-54)40-15-10-35(11-16-40)45(56)36-12-17-43(44(30-36)59-47(49,50)51)52-39(19-21-53-26-28-57-29-27-53)33-58-41-6-4-3-5-7-41/h3-17,30,39,52H,18-29,31-33H2,1-2H3. The Hall–Kier alpha value is -3.45. The summed E-state index contributed by atoms with van der Waals surface area (Å²) in [6, 6.07) is 30.3. The lowest BCUT2D eigenvalue weighted by Gasteiger charge is -2.39. The molecule has 3 aliphatic rings. The molecule has 7 rings (SSSR count). The Bertz CT molecular complexity index is 2030. The van der Waals surface area contributed by atoms with Crippen molar-refractivity contribution in [2.45, 2.75) is 60.9 Å². The van der Waals surface area contributed by atoms with Crippen molar-refractivity contribution in [1.29, 1.82) is 0 Å². The van der Waals surface area contributed by atoms with Gasteiger partial charge in [-0.2, -0.15) is 13.2 Å². The molecule has 2 aliphatic heterocycles. The molecule has 1 atom stereocenters. The van der Waals surface area contributed by atoms with Crippen molar-refractivity contribution in [3.8, 4) is 0 Å². The van der Waals surface area contributed by atoms with Crippen molar-refractivity contribution in [3.63, 3.8) is 0 Å². The summed E-state index contributed by atoms with van der Waals surface area (Å²) in [6.45, 7) is 13.1. The highest BCUT2D eigenvalue weighted by atomic mass is 35.5. The first-order valence-electron chi connectivity index (χ1n) is 20.6. The fraction of sp³-hybridized carbons (Fsp3) is 0.426. The smallest absolute Gasteiger partial charge is 0.381 e. The molecule has 0 spiro atoms. The van der Waals surface area contributed by atoms with E-state index in [-0.39, 0.29) is 39.5 Å². The number of carbonyl (C=O) groups excluding carboxylic acids is 1. The number of halogens is 4. The van der Waals surface area contributed by atoms with Gasteiger partial charge in [0.15, 0.2) is 5.78 Å². The Balaban J connectivity index is 1.00. The number of ketones is 1. The molecule has 0 amide bonds. The first-order chi connectivity index (χ1) is 28.4. The first kappa shape index (κ1) is 43.6. The fourth-order valence-corrected chi connectivity index (χ4v) is 10.1. The Labute approximate surface area is 360 Å². The van der Waals surface area contributed by atoms with E-state index in [0.717, 1.165) is 87.2 Å². The number of nitrogens with zero attached hydrogens (tertiary/aromatic N) is 3. The van der Waals surface area contributed by atoms with Crippen molar-refractivity contribution in [2.24, 2.45) is 5.41 Å².